The summed E-state index contributed by atoms with van der Waals surface area (Å²) in [6, 6.07) is 4.37. The van der Waals surface area contributed by atoms with E-state index in [0.29, 0.717) is 31.9 Å². The zero-order valence-electron chi connectivity index (χ0n) is 12.4. The number of nitrogens with two attached hydrogens (primary N) is 1. The van der Waals surface area contributed by atoms with Crippen molar-refractivity contribution in [3.8, 4) is 5.75 Å². The van der Waals surface area contributed by atoms with E-state index in [2.05, 4.69) is 0 Å². The van der Waals surface area contributed by atoms with Gasteiger partial charge >= 0.3 is 0 Å². The number of nitrogens with zero attached hydrogens (tertiary/aromatic N) is 1. The second-order valence-corrected chi connectivity index (χ2v) is 7.14. The number of nitrogens with one attached hydrogen (secondary N) is 1. The highest BCUT2D eigenvalue weighted by Crippen LogP contribution is 2.29. The van der Waals surface area contributed by atoms with Crippen molar-refractivity contribution in [2.24, 2.45) is 11.7 Å². The molecule has 1 aromatic rings. The predicted octanol–water partition coefficient (Wildman–Crippen LogP) is 0.372. The number of amidine groups is 1. The number of hydrogen-bond donors (Lipinski definition) is 3. The summed E-state index contributed by atoms with van der Waals surface area (Å²) >= 11 is 0. The van der Waals surface area contributed by atoms with Crippen LogP contribution in [0.25, 0.3) is 0 Å². The van der Waals surface area contributed by atoms with Crippen LogP contribution in [0.3, 0.4) is 0 Å². The molecule has 0 aromatic heterocycles. The monoisotopic (exact) mass is 327 g/mol. The SMILES string of the molecule is CCOc1ccc(S(=O)(=O)N2CC(CCO)C2)cc1C(=N)N. The number of hydrogen-bond acceptors (Lipinski definition) is 5. The average Bonchev–Trinajstić information content (AvgIpc) is 2.42. The molecular weight excluding hydrogens is 306 g/mol. The molecule has 2 rings (SSSR count). The Morgan fingerprint density at radius 3 is 2.73 bits per heavy atom. The lowest BCUT2D eigenvalue weighted by Crippen LogP contribution is -2.50. The molecule has 1 aliphatic rings. The summed E-state index contributed by atoms with van der Waals surface area (Å²) in [5, 5.41) is 16.4. The molecule has 1 aliphatic heterocycles. The molecule has 0 bridgehead atoms. The minimum absolute atomic E-state index is 0.0656. The first-order valence-corrected chi connectivity index (χ1v) is 8.56. The zero-order valence-corrected chi connectivity index (χ0v) is 13.3. The first-order valence-electron chi connectivity index (χ1n) is 7.12. The summed E-state index contributed by atoms with van der Waals surface area (Å²) < 4.78 is 31.8. The quantitative estimate of drug-likeness (QED) is 0.494. The van der Waals surface area contributed by atoms with E-state index in [1.54, 1.807) is 6.92 Å². The molecule has 0 saturated carbocycles. The molecule has 0 unspecified atom stereocenters. The van der Waals surface area contributed by atoms with E-state index in [9.17, 15) is 8.42 Å². The fourth-order valence-corrected chi connectivity index (χ4v) is 4.01. The standard InChI is InChI=1S/C14H21N3O4S/c1-2-21-13-4-3-11(7-12(13)14(15)16)22(19,20)17-8-10(9-17)5-6-18/h3-4,7,10,18H,2,5-6,8-9H2,1H3,(H3,15,16). The van der Waals surface area contributed by atoms with Crippen molar-refractivity contribution in [2.75, 3.05) is 26.3 Å². The average molecular weight is 327 g/mol. The van der Waals surface area contributed by atoms with Crippen molar-refractivity contribution < 1.29 is 18.3 Å². The van der Waals surface area contributed by atoms with Crippen LogP contribution in [0.4, 0.5) is 0 Å². The zero-order chi connectivity index (χ0) is 16.3. The summed E-state index contributed by atoms with van der Waals surface area (Å²) in [5.74, 6) is 0.368. The molecular formula is C14H21N3O4S. The molecule has 0 spiro atoms. The van der Waals surface area contributed by atoms with Gasteiger partial charge in [-0.15, -0.1) is 0 Å². The van der Waals surface area contributed by atoms with E-state index in [-0.39, 0.29) is 28.8 Å². The molecule has 1 saturated heterocycles. The van der Waals surface area contributed by atoms with Gasteiger partial charge in [0.15, 0.2) is 0 Å². The molecule has 22 heavy (non-hydrogen) atoms. The minimum Gasteiger partial charge on any atom is -0.493 e. The van der Waals surface area contributed by atoms with Gasteiger partial charge in [0.2, 0.25) is 10.0 Å². The third-order valence-corrected chi connectivity index (χ3v) is 5.47. The molecule has 1 heterocycles. The van der Waals surface area contributed by atoms with Gasteiger partial charge in [0.05, 0.1) is 17.1 Å². The first-order chi connectivity index (χ1) is 10.4. The van der Waals surface area contributed by atoms with E-state index in [1.807, 2.05) is 0 Å². The lowest BCUT2D eigenvalue weighted by atomic mass is 10.0. The van der Waals surface area contributed by atoms with Gasteiger partial charge in [0.25, 0.3) is 0 Å². The van der Waals surface area contributed by atoms with Crippen LogP contribution in [0.15, 0.2) is 23.1 Å². The lowest BCUT2D eigenvalue weighted by Gasteiger charge is -2.37. The fourth-order valence-electron chi connectivity index (χ4n) is 2.39. The Morgan fingerprint density at radius 2 is 2.18 bits per heavy atom. The van der Waals surface area contributed by atoms with Crippen LogP contribution in [0.1, 0.15) is 18.9 Å². The highest BCUT2D eigenvalue weighted by atomic mass is 32.2. The maximum atomic E-state index is 12.5. The molecule has 0 atom stereocenters. The molecule has 0 radical (unpaired) electrons. The molecule has 7 nitrogen and oxygen atoms in total. The number of ether oxygens (including phenoxy) is 1. The minimum atomic E-state index is -3.60. The third kappa shape index (κ3) is 3.23. The fraction of sp³-hybridized carbons (Fsp3) is 0.500. The van der Waals surface area contributed by atoms with Crippen LogP contribution in [0.2, 0.25) is 0 Å². The van der Waals surface area contributed by atoms with E-state index < -0.39 is 10.0 Å². The Morgan fingerprint density at radius 1 is 1.50 bits per heavy atom. The summed E-state index contributed by atoms with van der Waals surface area (Å²) in [7, 11) is -3.60. The molecule has 4 N–H and O–H groups in total. The summed E-state index contributed by atoms with van der Waals surface area (Å²) in [6.07, 6.45) is 0.605. The van der Waals surface area contributed by atoms with Gasteiger partial charge in [-0.05, 0) is 37.5 Å². The van der Waals surface area contributed by atoms with Crippen molar-refractivity contribution in [2.45, 2.75) is 18.2 Å². The van der Waals surface area contributed by atoms with E-state index in [0.717, 1.165) is 0 Å². The molecule has 8 heteroatoms. The van der Waals surface area contributed by atoms with Gasteiger partial charge in [-0.3, -0.25) is 5.41 Å². The van der Waals surface area contributed by atoms with E-state index in [4.69, 9.17) is 21.0 Å². The normalized spacial score (nSPS) is 16.3. The second-order valence-electron chi connectivity index (χ2n) is 5.20. The number of aliphatic hydroxyl groups is 1. The van der Waals surface area contributed by atoms with Gasteiger partial charge in [-0.25, -0.2) is 8.42 Å². The number of aliphatic hydroxyl groups excluding tert-OH is 1. The highest BCUT2D eigenvalue weighted by molar-refractivity contribution is 7.89. The van der Waals surface area contributed by atoms with Gasteiger partial charge in [0, 0.05) is 19.7 Å². The lowest BCUT2D eigenvalue weighted by molar-refractivity contribution is 0.154. The maximum Gasteiger partial charge on any atom is 0.243 e. The molecule has 0 amide bonds. The van der Waals surface area contributed by atoms with Crippen LogP contribution < -0.4 is 10.5 Å². The third-order valence-electron chi connectivity index (χ3n) is 3.64. The van der Waals surface area contributed by atoms with Crippen LogP contribution >= 0.6 is 0 Å². The van der Waals surface area contributed by atoms with Crippen molar-refractivity contribution in [3.05, 3.63) is 23.8 Å². The van der Waals surface area contributed by atoms with Gasteiger partial charge < -0.3 is 15.6 Å². The Labute approximate surface area is 130 Å². The Kier molecular flexibility index (Phi) is 5.05. The smallest absolute Gasteiger partial charge is 0.243 e. The van der Waals surface area contributed by atoms with E-state index in [1.165, 1.54) is 22.5 Å². The largest absolute Gasteiger partial charge is 0.493 e. The molecule has 122 valence electrons. The number of sulfonamides is 1. The Balaban J connectivity index is 2.25. The van der Waals surface area contributed by atoms with Crippen molar-refractivity contribution in [1.29, 1.82) is 5.41 Å². The van der Waals surface area contributed by atoms with Crippen LogP contribution in [-0.2, 0) is 10.0 Å². The number of benzene rings is 1. The Hall–Kier alpha value is -1.64. The van der Waals surface area contributed by atoms with Gasteiger partial charge in [-0.2, -0.15) is 4.31 Å². The highest BCUT2D eigenvalue weighted by Gasteiger charge is 2.36. The second kappa shape index (κ2) is 6.64. The van der Waals surface area contributed by atoms with E-state index >= 15 is 0 Å². The molecule has 1 fully saturated rings. The van der Waals surface area contributed by atoms with Crippen LogP contribution in [0, 0.1) is 11.3 Å². The summed E-state index contributed by atoms with van der Waals surface area (Å²) in [4.78, 5) is 0.101. The maximum absolute atomic E-state index is 12.5. The van der Waals surface area contributed by atoms with Gasteiger partial charge in [0.1, 0.15) is 11.6 Å². The van der Waals surface area contributed by atoms with Crippen molar-refractivity contribution >= 4 is 15.9 Å². The van der Waals surface area contributed by atoms with Crippen molar-refractivity contribution in [3.63, 3.8) is 0 Å². The Bertz CT molecular complexity index is 654. The van der Waals surface area contributed by atoms with Crippen LogP contribution in [0.5, 0.6) is 5.75 Å². The first kappa shape index (κ1) is 16.7. The number of nitrogen functional groups attached to an aromatic ring is 1. The summed E-state index contributed by atoms with van der Waals surface area (Å²) in [5.41, 5.74) is 5.78. The van der Waals surface area contributed by atoms with Gasteiger partial charge in [-0.1, -0.05) is 0 Å². The molecule has 1 aromatic carbocycles. The number of rotatable bonds is 7. The topological polar surface area (TPSA) is 117 Å². The molecule has 0 aliphatic carbocycles. The summed E-state index contributed by atoms with van der Waals surface area (Å²) in [6.45, 7) is 3.09. The van der Waals surface area contributed by atoms with Crippen molar-refractivity contribution in [1.82, 2.24) is 4.31 Å². The predicted molar refractivity (Wildman–Crippen MR) is 82.6 cm³/mol. The van der Waals surface area contributed by atoms with Crippen LogP contribution in [-0.4, -0.2) is 50.0 Å².